The average molecular weight is 337 g/mol. The minimum Gasteiger partial charge on any atom is -0.495 e. The van der Waals surface area contributed by atoms with Crippen LogP contribution in [0.25, 0.3) is 0 Å². The standard InChI is InChI=1S/C15H17ClN4O3/c1-23-12-7-10(3-4-11(12)16)14(21)20-6-2-5-15(22,9-20)13-8-17-19-18-13/h3-4,7-8,22H,2,5-6,9H2,1H3,(H,17,18,19)/t15-/m0/s1. The van der Waals surface area contributed by atoms with E-state index in [1.807, 2.05) is 0 Å². The summed E-state index contributed by atoms with van der Waals surface area (Å²) in [6.45, 7) is 0.743. The van der Waals surface area contributed by atoms with Crippen LogP contribution in [0.1, 0.15) is 28.9 Å². The number of aromatic nitrogens is 3. The molecule has 0 radical (unpaired) electrons. The molecule has 2 heterocycles. The fraction of sp³-hybridized carbons (Fsp3) is 0.400. The molecule has 8 heteroatoms. The number of aliphatic hydroxyl groups is 1. The Labute approximate surface area is 138 Å². The van der Waals surface area contributed by atoms with Crippen molar-refractivity contribution in [2.24, 2.45) is 0 Å². The second-order valence-electron chi connectivity index (χ2n) is 5.57. The van der Waals surface area contributed by atoms with E-state index in [1.54, 1.807) is 23.1 Å². The molecule has 122 valence electrons. The maximum Gasteiger partial charge on any atom is 0.254 e. The highest BCUT2D eigenvalue weighted by Crippen LogP contribution is 2.31. The number of nitrogens with one attached hydrogen (secondary N) is 1. The molecule has 1 aromatic heterocycles. The maximum absolute atomic E-state index is 12.7. The van der Waals surface area contributed by atoms with Gasteiger partial charge in [0.25, 0.3) is 5.91 Å². The zero-order chi connectivity index (χ0) is 16.4. The molecule has 23 heavy (non-hydrogen) atoms. The first-order valence-electron chi connectivity index (χ1n) is 7.25. The molecule has 7 nitrogen and oxygen atoms in total. The number of carbonyl (C=O) groups excluding carboxylic acids is 1. The number of H-pyrrole nitrogens is 1. The third-order valence-electron chi connectivity index (χ3n) is 4.05. The Hall–Kier alpha value is -2.12. The van der Waals surface area contributed by atoms with Gasteiger partial charge in [-0.2, -0.15) is 15.4 Å². The molecule has 2 aromatic rings. The van der Waals surface area contributed by atoms with Gasteiger partial charge in [-0.1, -0.05) is 11.6 Å². The summed E-state index contributed by atoms with van der Waals surface area (Å²) in [4.78, 5) is 14.3. The number of benzene rings is 1. The van der Waals surface area contributed by atoms with Crippen LogP contribution in [-0.2, 0) is 5.60 Å². The quantitative estimate of drug-likeness (QED) is 0.888. The topological polar surface area (TPSA) is 91.3 Å². The molecule has 1 aromatic carbocycles. The molecule has 0 bridgehead atoms. The van der Waals surface area contributed by atoms with Crippen molar-refractivity contribution in [1.29, 1.82) is 0 Å². The fourth-order valence-electron chi connectivity index (χ4n) is 2.82. The first kappa shape index (κ1) is 15.8. The number of piperidine rings is 1. The molecule has 0 saturated carbocycles. The Bertz CT molecular complexity index is 707. The van der Waals surface area contributed by atoms with Crippen molar-refractivity contribution < 1.29 is 14.6 Å². The zero-order valence-electron chi connectivity index (χ0n) is 12.6. The van der Waals surface area contributed by atoms with Crippen molar-refractivity contribution in [3.05, 3.63) is 40.7 Å². The maximum atomic E-state index is 12.7. The highest BCUT2D eigenvalue weighted by Gasteiger charge is 2.39. The van der Waals surface area contributed by atoms with Crippen LogP contribution in [0.3, 0.4) is 0 Å². The normalized spacial score (nSPS) is 21.3. The van der Waals surface area contributed by atoms with Gasteiger partial charge in [-0.3, -0.25) is 4.79 Å². The highest BCUT2D eigenvalue weighted by molar-refractivity contribution is 6.32. The molecule has 1 saturated heterocycles. The number of likely N-dealkylation sites (tertiary alicyclic amines) is 1. The number of nitrogens with zero attached hydrogens (tertiary/aromatic N) is 3. The number of methoxy groups -OCH3 is 1. The van der Waals surface area contributed by atoms with Crippen LogP contribution in [0, 0.1) is 0 Å². The van der Waals surface area contributed by atoms with Crippen molar-refractivity contribution in [2.75, 3.05) is 20.2 Å². The van der Waals surface area contributed by atoms with E-state index in [-0.39, 0.29) is 12.5 Å². The fourth-order valence-corrected chi connectivity index (χ4v) is 3.01. The second-order valence-corrected chi connectivity index (χ2v) is 5.97. The number of hydrogen-bond donors (Lipinski definition) is 2. The Kier molecular flexibility index (Phi) is 4.23. The predicted molar refractivity (Wildman–Crippen MR) is 83.4 cm³/mol. The number of rotatable bonds is 3. The summed E-state index contributed by atoms with van der Waals surface area (Å²) in [5.41, 5.74) is -0.267. The van der Waals surface area contributed by atoms with Gasteiger partial charge < -0.3 is 14.7 Å². The van der Waals surface area contributed by atoms with Gasteiger partial charge in [0, 0.05) is 12.1 Å². The molecule has 1 fully saturated rings. The van der Waals surface area contributed by atoms with Gasteiger partial charge in [0.1, 0.15) is 17.0 Å². The molecule has 2 N–H and O–H groups in total. The van der Waals surface area contributed by atoms with E-state index >= 15 is 0 Å². The molecule has 1 aliphatic rings. The molecule has 0 unspecified atom stereocenters. The summed E-state index contributed by atoms with van der Waals surface area (Å²) >= 11 is 5.99. The molecule has 1 amide bonds. The highest BCUT2D eigenvalue weighted by atomic mass is 35.5. The number of carbonyl (C=O) groups is 1. The van der Waals surface area contributed by atoms with Crippen molar-refractivity contribution in [3.8, 4) is 5.75 Å². The molecular weight excluding hydrogens is 320 g/mol. The summed E-state index contributed by atoms with van der Waals surface area (Å²) < 4.78 is 5.15. The van der Waals surface area contributed by atoms with Gasteiger partial charge >= 0.3 is 0 Å². The summed E-state index contributed by atoms with van der Waals surface area (Å²) in [6.07, 6.45) is 2.70. The lowest BCUT2D eigenvalue weighted by atomic mass is 9.89. The van der Waals surface area contributed by atoms with Gasteiger partial charge in [0.15, 0.2) is 0 Å². The molecule has 0 aliphatic carbocycles. The van der Waals surface area contributed by atoms with E-state index in [4.69, 9.17) is 16.3 Å². The molecule has 3 rings (SSSR count). The molecular formula is C15H17ClN4O3. The summed E-state index contributed by atoms with van der Waals surface area (Å²) in [5.74, 6) is 0.267. The number of amides is 1. The van der Waals surface area contributed by atoms with Crippen molar-refractivity contribution in [3.63, 3.8) is 0 Å². The third-order valence-corrected chi connectivity index (χ3v) is 4.36. The van der Waals surface area contributed by atoms with Crippen LogP contribution in [0.4, 0.5) is 0 Å². The largest absolute Gasteiger partial charge is 0.495 e. The van der Waals surface area contributed by atoms with E-state index < -0.39 is 5.60 Å². The van der Waals surface area contributed by atoms with Crippen molar-refractivity contribution in [2.45, 2.75) is 18.4 Å². The molecule has 0 spiro atoms. The van der Waals surface area contributed by atoms with Gasteiger partial charge in [-0.25, -0.2) is 0 Å². The van der Waals surface area contributed by atoms with Crippen LogP contribution in [0.5, 0.6) is 5.75 Å². The Morgan fingerprint density at radius 1 is 1.52 bits per heavy atom. The molecule has 1 atom stereocenters. The summed E-state index contributed by atoms with van der Waals surface area (Å²) in [5, 5.41) is 21.4. The number of ether oxygens (including phenoxy) is 1. The van der Waals surface area contributed by atoms with Gasteiger partial charge in [-0.05, 0) is 31.0 Å². The third kappa shape index (κ3) is 3.02. The van der Waals surface area contributed by atoms with Crippen molar-refractivity contribution in [1.82, 2.24) is 20.3 Å². The second kappa shape index (κ2) is 6.17. The Morgan fingerprint density at radius 3 is 3.04 bits per heavy atom. The summed E-state index contributed by atoms with van der Waals surface area (Å²) in [6, 6.07) is 4.88. The number of hydrogen-bond acceptors (Lipinski definition) is 5. The zero-order valence-corrected chi connectivity index (χ0v) is 13.4. The first-order chi connectivity index (χ1) is 11.0. The molecule has 1 aliphatic heterocycles. The minimum absolute atomic E-state index is 0.170. The van der Waals surface area contributed by atoms with Crippen LogP contribution in [-0.4, -0.2) is 51.5 Å². The average Bonchev–Trinajstić information content (AvgIpc) is 3.10. The van der Waals surface area contributed by atoms with E-state index in [0.717, 1.165) is 0 Å². The summed E-state index contributed by atoms with van der Waals surface area (Å²) in [7, 11) is 1.50. The smallest absolute Gasteiger partial charge is 0.254 e. The Balaban J connectivity index is 1.82. The van der Waals surface area contributed by atoms with Crippen LogP contribution in [0.2, 0.25) is 5.02 Å². The number of halogens is 1. The predicted octanol–water partition coefficient (Wildman–Crippen LogP) is 1.59. The van der Waals surface area contributed by atoms with Gasteiger partial charge in [-0.15, -0.1) is 0 Å². The van der Waals surface area contributed by atoms with Crippen LogP contribution in [0.15, 0.2) is 24.4 Å². The van der Waals surface area contributed by atoms with E-state index in [1.165, 1.54) is 13.3 Å². The van der Waals surface area contributed by atoms with E-state index in [9.17, 15) is 9.90 Å². The SMILES string of the molecule is COc1cc(C(=O)N2CCC[C@@](O)(c3cn[nH]n3)C2)ccc1Cl. The Morgan fingerprint density at radius 2 is 2.35 bits per heavy atom. The number of β-amino-alcohol motifs (C(OH)–C–C–N with tert-alkyl or cyclic N) is 1. The lowest BCUT2D eigenvalue weighted by Crippen LogP contribution is -2.48. The monoisotopic (exact) mass is 336 g/mol. The van der Waals surface area contributed by atoms with Crippen LogP contribution < -0.4 is 4.74 Å². The van der Waals surface area contributed by atoms with Gasteiger partial charge in [0.05, 0.1) is 24.9 Å². The van der Waals surface area contributed by atoms with E-state index in [0.29, 0.717) is 41.4 Å². The van der Waals surface area contributed by atoms with Crippen LogP contribution >= 0.6 is 11.6 Å². The lowest BCUT2D eigenvalue weighted by Gasteiger charge is -2.38. The van der Waals surface area contributed by atoms with Gasteiger partial charge in [0.2, 0.25) is 0 Å². The van der Waals surface area contributed by atoms with E-state index in [2.05, 4.69) is 15.4 Å². The minimum atomic E-state index is -1.18. The first-order valence-corrected chi connectivity index (χ1v) is 7.63. The van der Waals surface area contributed by atoms with Crippen molar-refractivity contribution >= 4 is 17.5 Å². The lowest BCUT2D eigenvalue weighted by molar-refractivity contribution is -0.0320. The number of aromatic amines is 1.